The molecule has 0 bridgehead atoms. The number of aromatic amines is 1. The predicted octanol–water partition coefficient (Wildman–Crippen LogP) is 4.17. The van der Waals surface area contributed by atoms with Crippen molar-refractivity contribution in [2.45, 2.75) is 6.92 Å². The number of nitrogens with one attached hydrogen (secondary N) is 3. The van der Waals surface area contributed by atoms with E-state index in [1.54, 1.807) is 37.8 Å². The summed E-state index contributed by atoms with van der Waals surface area (Å²) in [6, 6.07) is 7.18. The highest BCUT2D eigenvalue weighted by molar-refractivity contribution is 7.10. The van der Waals surface area contributed by atoms with Gasteiger partial charge in [0.05, 0.1) is 33.8 Å². The second-order valence-corrected chi connectivity index (χ2v) is 8.09. The van der Waals surface area contributed by atoms with Crippen molar-refractivity contribution in [1.82, 2.24) is 34.3 Å². The van der Waals surface area contributed by atoms with E-state index in [4.69, 9.17) is 11.6 Å². The number of nitrogens with zero attached hydrogens (tertiary/aromatic N) is 6. The zero-order valence-electron chi connectivity index (χ0n) is 16.9. The maximum Gasteiger partial charge on any atom is 0.273 e. The van der Waals surface area contributed by atoms with Crippen molar-refractivity contribution in [3.8, 4) is 11.4 Å². The molecule has 3 N–H and O–H groups in total. The van der Waals surface area contributed by atoms with Gasteiger partial charge in [0.25, 0.3) is 5.91 Å². The summed E-state index contributed by atoms with van der Waals surface area (Å²) in [4.78, 5) is 21.5. The second-order valence-electron chi connectivity index (χ2n) is 6.96. The van der Waals surface area contributed by atoms with E-state index in [9.17, 15) is 4.79 Å². The van der Waals surface area contributed by atoms with Crippen molar-refractivity contribution in [2.75, 3.05) is 10.6 Å². The van der Waals surface area contributed by atoms with Gasteiger partial charge in [0.2, 0.25) is 5.13 Å². The molecule has 0 radical (unpaired) electrons. The Morgan fingerprint density at radius 2 is 2.09 bits per heavy atom. The van der Waals surface area contributed by atoms with Gasteiger partial charge in [-0.1, -0.05) is 11.6 Å². The Morgan fingerprint density at radius 3 is 2.91 bits per heavy atom. The molecule has 12 heteroatoms. The maximum absolute atomic E-state index is 12.6. The third kappa shape index (κ3) is 3.67. The van der Waals surface area contributed by atoms with Crippen molar-refractivity contribution in [1.29, 1.82) is 0 Å². The summed E-state index contributed by atoms with van der Waals surface area (Å²) in [5.41, 5.74) is 3.93. The van der Waals surface area contributed by atoms with Gasteiger partial charge in [-0.15, -0.1) is 0 Å². The minimum atomic E-state index is -0.273. The van der Waals surface area contributed by atoms with E-state index in [1.807, 2.05) is 19.1 Å². The maximum atomic E-state index is 12.6. The molecule has 4 heterocycles. The Bertz CT molecular complexity index is 1450. The first-order valence-electron chi connectivity index (χ1n) is 9.48. The van der Waals surface area contributed by atoms with Crippen LogP contribution < -0.4 is 10.6 Å². The molecule has 5 rings (SSSR count). The SMILES string of the molecule is Cc1ncc(-c2nsc(Nc3ccc4[nH]ncc4c3Cl)n2)cc1NC(=O)c1ccnn1C. The molecule has 4 aromatic heterocycles. The zero-order valence-corrected chi connectivity index (χ0v) is 18.5. The lowest BCUT2D eigenvalue weighted by Gasteiger charge is -2.09. The predicted molar refractivity (Wildman–Crippen MR) is 123 cm³/mol. The third-order valence-corrected chi connectivity index (χ3v) is 5.91. The molecule has 160 valence electrons. The number of carbonyl (C=O) groups excluding carboxylic acids is 1. The van der Waals surface area contributed by atoms with Gasteiger partial charge in [-0.2, -0.15) is 19.6 Å². The number of aryl methyl sites for hydroxylation is 2. The lowest BCUT2D eigenvalue weighted by molar-refractivity contribution is 0.101. The van der Waals surface area contributed by atoms with Crippen molar-refractivity contribution < 1.29 is 4.79 Å². The van der Waals surface area contributed by atoms with Crippen molar-refractivity contribution in [3.63, 3.8) is 0 Å². The van der Waals surface area contributed by atoms with Gasteiger partial charge in [-0.25, -0.2) is 0 Å². The van der Waals surface area contributed by atoms with Gasteiger partial charge in [0.15, 0.2) is 5.82 Å². The lowest BCUT2D eigenvalue weighted by atomic mass is 10.2. The molecule has 0 fully saturated rings. The summed E-state index contributed by atoms with van der Waals surface area (Å²) in [7, 11) is 1.71. The summed E-state index contributed by atoms with van der Waals surface area (Å²) < 4.78 is 5.93. The minimum Gasteiger partial charge on any atom is -0.329 e. The van der Waals surface area contributed by atoms with E-state index in [0.717, 1.165) is 10.9 Å². The number of rotatable bonds is 5. The molecule has 0 saturated carbocycles. The highest BCUT2D eigenvalue weighted by Gasteiger charge is 2.15. The van der Waals surface area contributed by atoms with Crippen LogP contribution in [0.1, 0.15) is 16.2 Å². The third-order valence-electron chi connectivity index (χ3n) is 4.87. The Morgan fingerprint density at radius 1 is 1.22 bits per heavy atom. The average molecular weight is 466 g/mol. The van der Waals surface area contributed by atoms with Gasteiger partial charge >= 0.3 is 0 Å². The van der Waals surface area contributed by atoms with E-state index in [-0.39, 0.29) is 5.91 Å². The summed E-state index contributed by atoms with van der Waals surface area (Å²) in [5.74, 6) is 0.214. The first-order chi connectivity index (χ1) is 15.5. The standard InChI is InChI=1S/C20H16ClN9OS/c1-10-15(25-19(31)16-5-6-24-30(16)2)7-11(8-22-10)18-27-20(32-29-18)26-14-4-3-13-12(17(14)21)9-23-28-13/h3-9H,1-2H3,(H,23,28)(H,25,31)(H,26,27,29). The Labute approximate surface area is 190 Å². The van der Waals surface area contributed by atoms with Crippen LogP contribution in [0.15, 0.2) is 42.9 Å². The molecule has 10 nitrogen and oxygen atoms in total. The van der Waals surface area contributed by atoms with E-state index in [0.29, 0.717) is 44.3 Å². The monoisotopic (exact) mass is 465 g/mol. The Kier molecular flexibility index (Phi) is 5.04. The minimum absolute atomic E-state index is 0.273. The van der Waals surface area contributed by atoms with Crippen LogP contribution in [0.3, 0.4) is 0 Å². The van der Waals surface area contributed by atoms with E-state index in [2.05, 4.69) is 40.3 Å². The van der Waals surface area contributed by atoms with Crippen LogP contribution in [-0.4, -0.2) is 40.2 Å². The molecule has 0 atom stereocenters. The molecule has 0 spiro atoms. The van der Waals surface area contributed by atoms with E-state index in [1.165, 1.54) is 16.2 Å². The number of aromatic nitrogens is 7. The average Bonchev–Trinajstić information content (AvgIpc) is 3.52. The van der Waals surface area contributed by atoms with Gasteiger partial charge in [0.1, 0.15) is 5.69 Å². The number of anilines is 3. The van der Waals surface area contributed by atoms with Gasteiger partial charge in [0, 0.05) is 41.9 Å². The molecule has 1 aromatic carbocycles. The number of pyridine rings is 1. The molecule has 32 heavy (non-hydrogen) atoms. The van der Waals surface area contributed by atoms with E-state index < -0.39 is 0 Å². The zero-order chi connectivity index (χ0) is 22.2. The summed E-state index contributed by atoms with van der Waals surface area (Å²) in [6.07, 6.45) is 4.92. The smallest absolute Gasteiger partial charge is 0.273 e. The largest absolute Gasteiger partial charge is 0.329 e. The van der Waals surface area contributed by atoms with Crippen LogP contribution in [0.25, 0.3) is 22.3 Å². The Hall–Kier alpha value is -3.83. The molecule has 0 unspecified atom stereocenters. The van der Waals surface area contributed by atoms with Gasteiger partial charge in [-0.05, 0) is 31.2 Å². The fourth-order valence-electron chi connectivity index (χ4n) is 3.15. The number of hydrogen-bond donors (Lipinski definition) is 3. The highest BCUT2D eigenvalue weighted by Crippen LogP contribution is 2.33. The number of hydrogen-bond acceptors (Lipinski definition) is 8. The normalized spacial score (nSPS) is 11.1. The first-order valence-corrected chi connectivity index (χ1v) is 10.6. The summed E-state index contributed by atoms with van der Waals surface area (Å²) in [6.45, 7) is 1.82. The van der Waals surface area contributed by atoms with Crippen molar-refractivity contribution in [3.05, 3.63) is 59.3 Å². The number of carbonyl (C=O) groups is 1. The number of benzene rings is 1. The first kappa shape index (κ1) is 20.1. The van der Waals surface area contributed by atoms with E-state index >= 15 is 0 Å². The molecule has 0 aliphatic heterocycles. The molecular formula is C20H16ClN9OS. The van der Waals surface area contributed by atoms with Crippen LogP contribution in [-0.2, 0) is 7.05 Å². The fraction of sp³-hybridized carbons (Fsp3) is 0.100. The molecule has 5 aromatic rings. The number of fused-ring (bicyclic) bond motifs is 1. The number of halogens is 1. The topological polar surface area (TPSA) is 126 Å². The molecular weight excluding hydrogens is 450 g/mol. The molecule has 1 amide bonds. The lowest BCUT2D eigenvalue weighted by Crippen LogP contribution is -2.17. The van der Waals surface area contributed by atoms with Crippen molar-refractivity contribution >= 4 is 56.4 Å². The quantitative estimate of drug-likeness (QED) is 0.355. The van der Waals surface area contributed by atoms with Crippen LogP contribution >= 0.6 is 23.1 Å². The van der Waals surface area contributed by atoms with Crippen LogP contribution in [0.4, 0.5) is 16.5 Å². The summed E-state index contributed by atoms with van der Waals surface area (Å²) >= 11 is 7.67. The molecule has 0 aliphatic rings. The van der Waals surface area contributed by atoms with Crippen LogP contribution in [0, 0.1) is 6.92 Å². The molecule has 0 aliphatic carbocycles. The highest BCUT2D eigenvalue weighted by atomic mass is 35.5. The van der Waals surface area contributed by atoms with Gasteiger partial charge < -0.3 is 10.6 Å². The number of H-pyrrole nitrogens is 1. The Balaban J connectivity index is 1.39. The summed E-state index contributed by atoms with van der Waals surface area (Å²) in [5, 5.41) is 18.9. The van der Waals surface area contributed by atoms with Crippen LogP contribution in [0.5, 0.6) is 0 Å². The fourth-order valence-corrected chi connectivity index (χ4v) is 4.01. The number of amides is 1. The van der Waals surface area contributed by atoms with Crippen molar-refractivity contribution in [2.24, 2.45) is 7.05 Å². The second kappa shape index (κ2) is 8.02. The van der Waals surface area contributed by atoms with Gasteiger partial charge in [-0.3, -0.25) is 19.6 Å². The van der Waals surface area contributed by atoms with Crippen LogP contribution in [0.2, 0.25) is 5.02 Å². The molecule has 0 saturated heterocycles.